The smallest absolute Gasteiger partial charge is 0.429 e. The molecular weight excluding hydrogens is 378 g/mol. The van der Waals surface area contributed by atoms with Gasteiger partial charge >= 0.3 is 30.7 Å². The maximum Gasteiger partial charge on any atom is 0.462 e. The Labute approximate surface area is 133 Å². The molecular formula is C13H8F10O2. The Morgan fingerprint density at radius 3 is 1.76 bits per heavy atom. The van der Waals surface area contributed by atoms with Gasteiger partial charge in [-0.1, -0.05) is 24.8 Å². The van der Waals surface area contributed by atoms with E-state index in [9.17, 15) is 43.9 Å². The van der Waals surface area contributed by atoms with Crippen LogP contribution in [-0.4, -0.2) is 30.7 Å². The summed E-state index contributed by atoms with van der Waals surface area (Å²) in [5, 5.41) is 0. The SMILES string of the molecule is C=Cc1ccc(OC(F)(F)C(F)OC(F)(F)C(F)(F)C(F)(F)F)cc1. The fourth-order valence-electron chi connectivity index (χ4n) is 1.31. The van der Waals surface area contributed by atoms with Gasteiger partial charge in [-0.15, -0.1) is 0 Å². The van der Waals surface area contributed by atoms with Crippen LogP contribution < -0.4 is 4.74 Å². The molecule has 0 aliphatic carbocycles. The van der Waals surface area contributed by atoms with Crippen molar-refractivity contribution in [1.29, 1.82) is 0 Å². The minimum Gasteiger partial charge on any atom is -0.429 e. The zero-order valence-electron chi connectivity index (χ0n) is 11.8. The lowest BCUT2D eigenvalue weighted by atomic mass is 10.2. The van der Waals surface area contributed by atoms with E-state index in [4.69, 9.17) is 0 Å². The van der Waals surface area contributed by atoms with Crippen LogP contribution in [0.25, 0.3) is 6.08 Å². The van der Waals surface area contributed by atoms with E-state index in [0.717, 1.165) is 24.3 Å². The number of rotatable bonds is 7. The number of halogens is 10. The van der Waals surface area contributed by atoms with Gasteiger partial charge in [0.05, 0.1) is 0 Å². The third-order valence-electron chi connectivity index (χ3n) is 2.61. The van der Waals surface area contributed by atoms with Gasteiger partial charge in [-0.25, -0.2) is 4.39 Å². The van der Waals surface area contributed by atoms with Gasteiger partial charge < -0.3 is 4.74 Å². The number of benzene rings is 1. The largest absolute Gasteiger partial charge is 0.462 e. The third-order valence-corrected chi connectivity index (χ3v) is 2.61. The van der Waals surface area contributed by atoms with E-state index in [2.05, 4.69) is 16.1 Å². The predicted octanol–water partition coefficient (Wildman–Crippen LogP) is 5.40. The van der Waals surface area contributed by atoms with Gasteiger partial charge in [0.2, 0.25) is 0 Å². The highest BCUT2D eigenvalue weighted by atomic mass is 19.4. The summed E-state index contributed by atoms with van der Waals surface area (Å²) in [5.74, 6) is -7.71. The van der Waals surface area contributed by atoms with Crippen LogP contribution in [0, 0.1) is 0 Å². The second-order valence-corrected chi connectivity index (χ2v) is 4.46. The molecule has 1 rings (SSSR count). The lowest BCUT2D eigenvalue weighted by Gasteiger charge is -2.30. The maximum absolute atomic E-state index is 13.3. The van der Waals surface area contributed by atoms with Gasteiger partial charge in [0, 0.05) is 0 Å². The minimum absolute atomic E-state index is 0.403. The summed E-state index contributed by atoms with van der Waals surface area (Å²) in [6.45, 7) is 3.33. The number of hydrogen-bond acceptors (Lipinski definition) is 2. The molecule has 0 radical (unpaired) electrons. The van der Waals surface area contributed by atoms with Crippen LogP contribution >= 0.6 is 0 Å². The Morgan fingerprint density at radius 1 is 0.880 bits per heavy atom. The van der Waals surface area contributed by atoms with Crippen molar-refractivity contribution in [2.75, 3.05) is 0 Å². The Balaban J connectivity index is 2.92. The lowest BCUT2D eigenvalue weighted by Crippen LogP contribution is -2.56. The first-order valence-electron chi connectivity index (χ1n) is 6.07. The summed E-state index contributed by atoms with van der Waals surface area (Å²) in [5.41, 5.74) is 0.403. The summed E-state index contributed by atoms with van der Waals surface area (Å²) < 4.78 is 132. The van der Waals surface area contributed by atoms with Gasteiger partial charge in [0.15, 0.2) is 0 Å². The van der Waals surface area contributed by atoms with Crippen molar-refractivity contribution in [2.24, 2.45) is 0 Å². The Bertz CT molecular complexity index is 594. The molecule has 0 aromatic heterocycles. The van der Waals surface area contributed by atoms with Crippen molar-refractivity contribution in [2.45, 2.75) is 30.7 Å². The molecule has 0 saturated carbocycles. The van der Waals surface area contributed by atoms with Crippen LogP contribution in [0.1, 0.15) is 5.56 Å². The maximum atomic E-state index is 13.3. The molecule has 0 heterocycles. The predicted molar refractivity (Wildman–Crippen MR) is 64.0 cm³/mol. The Kier molecular flexibility index (Phi) is 5.67. The topological polar surface area (TPSA) is 18.5 Å². The van der Waals surface area contributed by atoms with Crippen molar-refractivity contribution in [3.63, 3.8) is 0 Å². The molecule has 0 aliphatic heterocycles. The van der Waals surface area contributed by atoms with Gasteiger partial charge in [0.1, 0.15) is 5.75 Å². The normalized spacial score (nSPS) is 15.0. The van der Waals surface area contributed by atoms with Crippen molar-refractivity contribution >= 4 is 6.08 Å². The molecule has 2 nitrogen and oxygen atoms in total. The van der Waals surface area contributed by atoms with E-state index in [1.165, 1.54) is 6.08 Å². The van der Waals surface area contributed by atoms with Crippen molar-refractivity contribution < 1.29 is 53.4 Å². The molecule has 0 bridgehead atoms. The second kappa shape index (κ2) is 6.73. The highest BCUT2D eigenvalue weighted by Crippen LogP contribution is 2.48. The zero-order valence-corrected chi connectivity index (χ0v) is 11.8. The highest BCUT2D eigenvalue weighted by molar-refractivity contribution is 5.48. The third kappa shape index (κ3) is 4.55. The first-order chi connectivity index (χ1) is 11.1. The average molecular weight is 386 g/mol. The zero-order chi connectivity index (χ0) is 19.7. The van der Waals surface area contributed by atoms with Crippen LogP contribution in [0.3, 0.4) is 0 Å². The first-order valence-corrected chi connectivity index (χ1v) is 6.07. The molecule has 0 amide bonds. The molecule has 142 valence electrons. The highest BCUT2D eigenvalue weighted by Gasteiger charge is 2.76. The number of ether oxygens (including phenoxy) is 2. The summed E-state index contributed by atoms with van der Waals surface area (Å²) in [7, 11) is 0. The van der Waals surface area contributed by atoms with E-state index in [1.54, 1.807) is 0 Å². The van der Waals surface area contributed by atoms with E-state index < -0.39 is 36.4 Å². The molecule has 1 atom stereocenters. The van der Waals surface area contributed by atoms with E-state index in [0.29, 0.717) is 5.56 Å². The second-order valence-electron chi connectivity index (χ2n) is 4.46. The van der Waals surface area contributed by atoms with Crippen LogP contribution in [0.4, 0.5) is 43.9 Å². The summed E-state index contributed by atoms with van der Waals surface area (Å²) in [6, 6.07) is 3.91. The van der Waals surface area contributed by atoms with Gasteiger partial charge in [0.25, 0.3) is 0 Å². The van der Waals surface area contributed by atoms with E-state index in [1.807, 2.05) is 0 Å². The standard InChI is InChI=1S/C13H8F10O2/c1-2-7-3-5-8(6-4-7)24-10(15,16)9(14)25-13(22,23)11(17,18)12(19,20)21/h2-6,9H,1H2. The van der Waals surface area contributed by atoms with Crippen LogP contribution in [-0.2, 0) is 4.74 Å². The van der Waals surface area contributed by atoms with E-state index in [-0.39, 0.29) is 0 Å². The molecule has 0 N–H and O–H groups in total. The molecule has 0 saturated heterocycles. The fraction of sp³-hybridized carbons (Fsp3) is 0.385. The van der Waals surface area contributed by atoms with Crippen LogP contribution in [0.2, 0.25) is 0 Å². The molecule has 0 aliphatic rings. The molecule has 0 fully saturated rings. The van der Waals surface area contributed by atoms with Gasteiger partial charge in [-0.2, -0.15) is 39.5 Å². The van der Waals surface area contributed by atoms with Crippen molar-refractivity contribution in [1.82, 2.24) is 0 Å². The summed E-state index contributed by atoms with van der Waals surface area (Å²) in [4.78, 5) is 0. The molecule has 12 heteroatoms. The molecule has 1 aromatic carbocycles. The Hall–Kier alpha value is -1.98. The first kappa shape index (κ1) is 21.1. The Morgan fingerprint density at radius 2 is 1.36 bits per heavy atom. The molecule has 1 unspecified atom stereocenters. The van der Waals surface area contributed by atoms with Crippen LogP contribution in [0.15, 0.2) is 30.8 Å². The van der Waals surface area contributed by atoms with E-state index >= 15 is 0 Å². The van der Waals surface area contributed by atoms with Crippen LogP contribution in [0.5, 0.6) is 5.75 Å². The van der Waals surface area contributed by atoms with Crippen molar-refractivity contribution in [3.05, 3.63) is 36.4 Å². The fourth-order valence-corrected chi connectivity index (χ4v) is 1.31. The summed E-state index contributed by atoms with van der Waals surface area (Å²) >= 11 is 0. The van der Waals surface area contributed by atoms with Crippen molar-refractivity contribution in [3.8, 4) is 5.75 Å². The quantitative estimate of drug-likeness (QED) is 0.584. The van der Waals surface area contributed by atoms with Gasteiger partial charge in [-0.05, 0) is 17.7 Å². The molecule has 0 spiro atoms. The number of hydrogen-bond donors (Lipinski definition) is 0. The minimum atomic E-state index is -6.91. The number of alkyl halides is 10. The van der Waals surface area contributed by atoms with Gasteiger partial charge in [-0.3, -0.25) is 4.74 Å². The molecule has 25 heavy (non-hydrogen) atoms. The average Bonchev–Trinajstić information content (AvgIpc) is 2.45. The monoisotopic (exact) mass is 386 g/mol. The lowest BCUT2D eigenvalue weighted by molar-refractivity contribution is -0.460. The molecule has 1 aromatic rings. The summed E-state index contributed by atoms with van der Waals surface area (Å²) in [6.07, 6.45) is -22.1.